The highest BCUT2D eigenvalue weighted by Crippen LogP contribution is 2.45. The first-order chi connectivity index (χ1) is 16.9. The Hall–Kier alpha value is -2.11. The first kappa shape index (κ1) is 23.3. The van der Waals surface area contributed by atoms with E-state index in [0.29, 0.717) is 5.92 Å². The van der Waals surface area contributed by atoms with Crippen molar-refractivity contribution in [2.24, 2.45) is 5.92 Å². The van der Waals surface area contributed by atoms with Gasteiger partial charge in [0, 0.05) is 18.0 Å². The SMILES string of the molecule is CSc1nc(C)c(-c2nc3ccccc3s2)c(N[C@@H]2C[C@H](Cc3nccs3)[C@H]3OC(C)(C)O[C@H]32)n1. The summed E-state index contributed by atoms with van der Waals surface area (Å²) in [6.45, 7) is 6.03. The molecule has 0 spiro atoms. The predicted molar refractivity (Wildman–Crippen MR) is 142 cm³/mol. The number of aromatic nitrogens is 4. The van der Waals surface area contributed by atoms with E-state index >= 15 is 0 Å². The van der Waals surface area contributed by atoms with Crippen molar-refractivity contribution in [3.05, 3.63) is 46.5 Å². The zero-order valence-corrected chi connectivity index (χ0v) is 22.5. The van der Waals surface area contributed by atoms with Crippen LogP contribution in [0.25, 0.3) is 20.8 Å². The van der Waals surface area contributed by atoms with Crippen LogP contribution in [-0.2, 0) is 15.9 Å². The second-order valence-electron chi connectivity index (χ2n) is 9.45. The lowest BCUT2D eigenvalue weighted by molar-refractivity contribution is -0.157. The Morgan fingerprint density at radius 3 is 2.74 bits per heavy atom. The third kappa shape index (κ3) is 4.46. The fourth-order valence-electron chi connectivity index (χ4n) is 5.16. The summed E-state index contributed by atoms with van der Waals surface area (Å²) in [6, 6.07) is 8.28. The summed E-state index contributed by atoms with van der Waals surface area (Å²) < 4.78 is 14.0. The van der Waals surface area contributed by atoms with Gasteiger partial charge >= 0.3 is 0 Å². The summed E-state index contributed by atoms with van der Waals surface area (Å²) >= 11 is 4.92. The second kappa shape index (κ2) is 9.08. The average molecular weight is 526 g/mol. The van der Waals surface area contributed by atoms with Crippen LogP contribution in [-0.4, -0.2) is 50.2 Å². The molecule has 7 nitrogen and oxygen atoms in total. The minimum Gasteiger partial charge on any atom is -0.364 e. The summed E-state index contributed by atoms with van der Waals surface area (Å²) in [4.78, 5) is 19.1. The van der Waals surface area contributed by atoms with Gasteiger partial charge in [0.2, 0.25) is 0 Å². The number of para-hydroxylation sites is 1. The van der Waals surface area contributed by atoms with E-state index in [0.717, 1.165) is 55.3 Å². The van der Waals surface area contributed by atoms with Crippen molar-refractivity contribution in [1.29, 1.82) is 0 Å². The summed E-state index contributed by atoms with van der Waals surface area (Å²) in [5, 5.41) is 8.61. The van der Waals surface area contributed by atoms with E-state index in [1.807, 2.05) is 56.8 Å². The third-order valence-electron chi connectivity index (χ3n) is 6.58. The molecule has 2 aliphatic rings. The number of nitrogens with zero attached hydrogens (tertiary/aromatic N) is 4. The molecule has 1 aromatic carbocycles. The standard InChI is InChI=1S/C25H27N5O2S3/c1-13-19(23-29-15-7-5-6-8-17(15)35-23)22(30-24(27-13)33-4)28-16-11-14(12-18-26-9-10-34-18)20-21(16)32-25(2,3)31-20/h5-10,14,16,20-21H,11-12H2,1-4H3,(H,27,28,30)/t14-,16-,20-,21+/m1/s1. The van der Waals surface area contributed by atoms with Crippen LogP contribution in [0.5, 0.6) is 0 Å². The molecule has 10 heteroatoms. The monoisotopic (exact) mass is 525 g/mol. The van der Waals surface area contributed by atoms with Gasteiger partial charge in [-0.2, -0.15) is 0 Å². The lowest BCUT2D eigenvalue weighted by Crippen LogP contribution is -2.35. The Balaban J connectivity index is 1.36. The number of anilines is 1. The lowest BCUT2D eigenvalue weighted by Gasteiger charge is -2.25. The van der Waals surface area contributed by atoms with E-state index < -0.39 is 5.79 Å². The molecule has 1 aliphatic carbocycles. The number of hydrogen-bond acceptors (Lipinski definition) is 10. The number of aryl methyl sites for hydroxylation is 1. The Kier molecular flexibility index (Phi) is 6.04. The molecule has 0 amide bonds. The normalized spacial score (nSPS) is 25.3. The molecule has 3 aromatic heterocycles. The molecule has 2 fully saturated rings. The highest BCUT2D eigenvalue weighted by molar-refractivity contribution is 7.98. The Labute approximate surface area is 216 Å². The predicted octanol–water partition coefficient (Wildman–Crippen LogP) is 5.80. The number of hydrogen-bond donors (Lipinski definition) is 1. The number of thioether (sulfide) groups is 1. The quantitative estimate of drug-likeness (QED) is 0.250. The molecule has 1 N–H and O–H groups in total. The summed E-state index contributed by atoms with van der Waals surface area (Å²) in [5.41, 5.74) is 2.87. The van der Waals surface area contributed by atoms with Gasteiger partial charge in [0.05, 0.1) is 38.6 Å². The van der Waals surface area contributed by atoms with Gasteiger partial charge in [-0.05, 0) is 51.5 Å². The molecule has 6 rings (SSSR count). The van der Waals surface area contributed by atoms with Crippen molar-refractivity contribution in [1.82, 2.24) is 19.9 Å². The zero-order valence-electron chi connectivity index (χ0n) is 20.0. The summed E-state index contributed by atoms with van der Waals surface area (Å²) in [7, 11) is 0. The smallest absolute Gasteiger partial charge is 0.189 e. The van der Waals surface area contributed by atoms with Gasteiger partial charge in [0.25, 0.3) is 0 Å². The number of benzene rings is 1. The van der Waals surface area contributed by atoms with Gasteiger partial charge < -0.3 is 14.8 Å². The summed E-state index contributed by atoms with van der Waals surface area (Å²) in [6.07, 6.45) is 5.63. The largest absolute Gasteiger partial charge is 0.364 e. The van der Waals surface area contributed by atoms with E-state index in [1.54, 1.807) is 34.4 Å². The van der Waals surface area contributed by atoms with Crippen molar-refractivity contribution in [2.75, 3.05) is 11.6 Å². The summed E-state index contributed by atoms with van der Waals surface area (Å²) in [5.74, 6) is 0.519. The van der Waals surface area contributed by atoms with Crippen LogP contribution >= 0.6 is 34.4 Å². The minimum absolute atomic E-state index is 0.0141. The van der Waals surface area contributed by atoms with Crippen LogP contribution in [0, 0.1) is 12.8 Å². The Bertz CT molecular complexity index is 1320. The Morgan fingerprint density at radius 1 is 1.14 bits per heavy atom. The molecular formula is C25H27N5O2S3. The van der Waals surface area contributed by atoms with Gasteiger partial charge in [0.1, 0.15) is 16.9 Å². The second-order valence-corrected chi connectivity index (χ2v) is 12.2. The van der Waals surface area contributed by atoms with Crippen LogP contribution in [0.15, 0.2) is 41.0 Å². The molecule has 4 atom stereocenters. The maximum atomic E-state index is 6.42. The lowest BCUT2D eigenvalue weighted by atomic mass is 10.0. The van der Waals surface area contributed by atoms with Gasteiger partial charge in [-0.15, -0.1) is 22.7 Å². The molecular weight excluding hydrogens is 499 g/mol. The van der Waals surface area contributed by atoms with E-state index in [2.05, 4.69) is 16.4 Å². The molecule has 4 heterocycles. The fourth-order valence-corrected chi connectivity index (χ4v) is 7.34. The van der Waals surface area contributed by atoms with Crippen molar-refractivity contribution in [3.8, 4) is 10.6 Å². The van der Waals surface area contributed by atoms with Crippen molar-refractivity contribution >= 4 is 50.5 Å². The number of ether oxygens (including phenoxy) is 2. The van der Waals surface area contributed by atoms with Crippen LogP contribution < -0.4 is 5.32 Å². The van der Waals surface area contributed by atoms with E-state index in [4.69, 9.17) is 24.4 Å². The highest BCUT2D eigenvalue weighted by atomic mass is 32.2. The minimum atomic E-state index is -0.612. The number of rotatable bonds is 6. The van der Waals surface area contributed by atoms with Gasteiger partial charge in [0.15, 0.2) is 10.9 Å². The molecule has 4 aromatic rings. The molecule has 35 heavy (non-hydrogen) atoms. The zero-order chi connectivity index (χ0) is 24.2. The molecule has 1 saturated heterocycles. The molecule has 1 saturated carbocycles. The molecule has 182 valence electrons. The van der Waals surface area contributed by atoms with Gasteiger partial charge in [-0.1, -0.05) is 23.9 Å². The van der Waals surface area contributed by atoms with Crippen LogP contribution in [0.1, 0.15) is 31.0 Å². The van der Waals surface area contributed by atoms with E-state index in [-0.39, 0.29) is 18.2 Å². The topological polar surface area (TPSA) is 82.1 Å². The number of nitrogens with one attached hydrogen (secondary N) is 1. The van der Waals surface area contributed by atoms with Crippen LogP contribution in [0.4, 0.5) is 5.82 Å². The molecule has 0 unspecified atom stereocenters. The fraction of sp³-hybridized carbons (Fsp3) is 0.440. The maximum Gasteiger partial charge on any atom is 0.189 e. The van der Waals surface area contributed by atoms with Crippen LogP contribution in [0.2, 0.25) is 0 Å². The molecule has 0 radical (unpaired) electrons. The maximum absolute atomic E-state index is 6.42. The van der Waals surface area contributed by atoms with Crippen LogP contribution in [0.3, 0.4) is 0 Å². The molecule has 1 aliphatic heterocycles. The average Bonchev–Trinajstić information content (AvgIpc) is 3.59. The van der Waals surface area contributed by atoms with Crippen molar-refractivity contribution < 1.29 is 9.47 Å². The van der Waals surface area contributed by atoms with E-state index in [9.17, 15) is 0 Å². The highest BCUT2D eigenvalue weighted by Gasteiger charge is 2.54. The number of thiazole rings is 2. The van der Waals surface area contributed by atoms with Crippen molar-refractivity contribution in [3.63, 3.8) is 0 Å². The van der Waals surface area contributed by atoms with Gasteiger partial charge in [-0.25, -0.2) is 19.9 Å². The van der Waals surface area contributed by atoms with E-state index in [1.165, 1.54) is 0 Å². The third-order valence-corrected chi connectivity index (χ3v) is 8.99. The Morgan fingerprint density at radius 2 is 1.97 bits per heavy atom. The van der Waals surface area contributed by atoms with Gasteiger partial charge in [-0.3, -0.25) is 0 Å². The first-order valence-corrected chi connectivity index (χ1v) is 14.6. The molecule has 0 bridgehead atoms. The van der Waals surface area contributed by atoms with Crippen molar-refractivity contribution in [2.45, 2.75) is 62.8 Å². The number of fused-ring (bicyclic) bond motifs is 2. The first-order valence-electron chi connectivity index (χ1n) is 11.7.